The van der Waals surface area contributed by atoms with Crippen LogP contribution in [0.5, 0.6) is 0 Å². The Morgan fingerprint density at radius 1 is 1.17 bits per heavy atom. The molecular formula is C22H20N2O4S. The fourth-order valence-electron chi connectivity index (χ4n) is 3.30. The third-order valence-corrected chi connectivity index (χ3v) is 5.99. The van der Waals surface area contributed by atoms with Crippen molar-refractivity contribution in [2.24, 2.45) is 5.92 Å². The van der Waals surface area contributed by atoms with Crippen LogP contribution in [0.3, 0.4) is 0 Å². The van der Waals surface area contributed by atoms with E-state index in [1.165, 1.54) is 17.6 Å². The Bertz CT molecular complexity index is 1040. The number of ketones is 1. The molecule has 1 saturated heterocycles. The molecule has 1 aliphatic heterocycles. The van der Waals surface area contributed by atoms with Gasteiger partial charge in [-0.05, 0) is 43.3 Å². The van der Waals surface area contributed by atoms with Gasteiger partial charge in [0.1, 0.15) is 0 Å². The Morgan fingerprint density at radius 3 is 2.69 bits per heavy atom. The van der Waals surface area contributed by atoms with Gasteiger partial charge >= 0.3 is 0 Å². The predicted molar refractivity (Wildman–Crippen MR) is 110 cm³/mol. The zero-order valence-electron chi connectivity index (χ0n) is 15.9. The van der Waals surface area contributed by atoms with E-state index in [9.17, 15) is 14.4 Å². The van der Waals surface area contributed by atoms with Crippen molar-refractivity contribution < 1.29 is 18.8 Å². The van der Waals surface area contributed by atoms with Gasteiger partial charge in [0, 0.05) is 23.5 Å². The van der Waals surface area contributed by atoms with Crippen molar-refractivity contribution in [1.29, 1.82) is 0 Å². The number of aryl methyl sites for hydroxylation is 1. The molecule has 3 heterocycles. The van der Waals surface area contributed by atoms with Crippen molar-refractivity contribution in [3.05, 3.63) is 75.9 Å². The first-order valence-corrected chi connectivity index (χ1v) is 10.1. The van der Waals surface area contributed by atoms with Crippen molar-refractivity contribution in [3.8, 4) is 0 Å². The lowest BCUT2D eigenvalue weighted by atomic mass is 10.1. The summed E-state index contributed by atoms with van der Waals surface area (Å²) >= 11 is 1.32. The largest absolute Gasteiger partial charge is 0.461 e. The molecule has 7 heteroatoms. The minimum absolute atomic E-state index is 0.0449. The first-order chi connectivity index (χ1) is 14.0. The Kier molecular flexibility index (Phi) is 5.31. The van der Waals surface area contributed by atoms with E-state index < -0.39 is 0 Å². The summed E-state index contributed by atoms with van der Waals surface area (Å²) in [7, 11) is 0. The molecule has 1 N–H and O–H groups in total. The molecule has 2 aromatic heterocycles. The number of carbonyl (C=O) groups is 3. The number of nitrogens with zero attached hydrogens (tertiary/aromatic N) is 1. The number of rotatable bonds is 6. The van der Waals surface area contributed by atoms with Gasteiger partial charge in [0.25, 0.3) is 0 Å². The van der Waals surface area contributed by atoms with Crippen molar-refractivity contribution in [3.63, 3.8) is 0 Å². The summed E-state index contributed by atoms with van der Waals surface area (Å²) in [4.78, 5) is 40.3. The number of hydrogen-bond donors (Lipinski definition) is 1. The quantitative estimate of drug-likeness (QED) is 0.633. The fourth-order valence-corrected chi connectivity index (χ4v) is 4.19. The van der Waals surface area contributed by atoms with E-state index in [0.717, 1.165) is 16.1 Å². The lowest BCUT2D eigenvalue weighted by molar-refractivity contribution is -0.126. The van der Waals surface area contributed by atoms with Gasteiger partial charge in [0.2, 0.25) is 17.6 Å². The van der Waals surface area contributed by atoms with Crippen molar-refractivity contribution in [1.82, 2.24) is 5.32 Å². The van der Waals surface area contributed by atoms with Gasteiger partial charge in [-0.25, -0.2) is 0 Å². The summed E-state index contributed by atoms with van der Waals surface area (Å²) in [6.07, 6.45) is 1.66. The lowest BCUT2D eigenvalue weighted by Crippen LogP contribution is -2.32. The Hall–Kier alpha value is -3.19. The molecule has 1 aliphatic rings. The lowest BCUT2D eigenvalue weighted by Gasteiger charge is -2.16. The molecule has 0 spiro atoms. The number of hydrogen-bond acceptors (Lipinski definition) is 5. The van der Waals surface area contributed by atoms with Gasteiger partial charge in [-0.2, -0.15) is 0 Å². The fraction of sp³-hybridized carbons (Fsp3) is 0.227. The highest BCUT2D eigenvalue weighted by Gasteiger charge is 2.35. The molecule has 0 radical (unpaired) electrons. The average molecular weight is 408 g/mol. The Balaban J connectivity index is 1.34. The maximum atomic E-state index is 12.6. The number of carbonyl (C=O) groups excluding carboxylic acids is 3. The number of thiophene rings is 1. The summed E-state index contributed by atoms with van der Waals surface area (Å²) in [6.45, 7) is 2.69. The van der Waals surface area contributed by atoms with Crippen LogP contribution in [0.2, 0.25) is 0 Å². The molecule has 2 amide bonds. The molecular weight excluding hydrogens is 388 g/mol. The van der Waals surface area contributed by atoms with E-state index in [0.29, 0.717) is 23.7 Å². The van der Waals surface area contributed by atoms with Crippen LogP contribution in [0.25, 0.3) is 0 Å². The zero-order valence-corrected chi connectivity index (χ0v) is 16.7. The van der Waals surface area contributed by atoms with Gasteiger partial charge in [-0.15, -0.1) is 11.3 Å². The zero-order chi connectivity index (χ0) is 20.4. The van der Waals surface area contributed by atoms with Crippen LogP contribution < -0.4 is 10.2 Å². The molecule has 148 valence electrons. The normalized spacial score (nSPS) is 16.2. The summed E-state index contributed by atoms with van der Waals surface area (Å²) < 4.78 is 5.14. The molecule has 6 nitrogen and oxygen atoms in total. The minimum atomic E-state index is -0.381. The molecule has 0 aliphatic carbocycles. The smallest absolute Gasteiger partial charge is 0.238 e. The molecule has 1 unspecified atom stereocenters. The maximum absolute atomic E-state index is 12.6. The average Bonchev–Trinajstić information content (AvgIpc) is 3.47. The Labute approximate surface area is 172 Å². The van der Waals surface area contributed by atoms with E-state index >= 15 is 0 Å². The monoisotopic (exact) mass is 408 g/mol. The number of benzene rings is 1. The number of amides is 2. The second-order valence-electron chi connectivity index (χ2n) is 7.03. The first-order valence-electron chi connectivity index (χ1n) is 9.33. The van der Waals surface area contributed by atoms with Crippen LogP contribution in [0.1, 0.15) is 32.3 Å². The van der Waals surface area contributed by atoms with Gasteiger partial charge in [-0.1, -0.05) is 17.7 Å². The van der Waals surface area contributed by atoms with E-state index in [1.54, 1.807) is 23.1 Å². The predicted octanol–water partition coefficient (Wildman–Crippen LogP) is 3.55. The van der Waals surface area contributed by atoms with Crippen LogP contribution in [-0.4, -0.2) is 24.1 Å². The van der Waals surface area contributed by atoms with Crippen LogP contribution in [0.15, 0.2) is 59.2 Å². The second kappa shape index (κ2) is 8.05. The Morgan fingerprint density at radius 2 is 1.97 bits per heavy atom. The van der Waals surface area contributed by atoms with E-state index in [1.807, 2.05) is 37.3 Å². The molecule has 1 fully saturated rings. The van der Waals surface area contributed by atoms with E-state index in [2.05, 4.69) is 5.32 Å². The minimum Gasteiger partial charge on any atom is -0.461 e. The molecule has 1 aromatic carbocycles. The summed E-state index contributed by atoms with van der Waals surface area (Å²) in [6, 6.07) is 14.6. The third kappa shape index (κ3) is 4.14. The standard InChI is InChI=1S/C22H20N2O4S/c1-14-4-6-16(7-5-14)24-13-15(11-20(24)25)22(27)23-12-17-8-9-19(29-17)21(26)18-3-2-10-28-18/h2-10,15H,11-13H2,1H3,(H,23,27). The molecule has 4 rings (SSSR count). The molecule has 3 aromatic rings. The van der Waals surface area contributed by atoms with Gasteiger partial charge in [-0.3, -0.25) is 14.4 Å². The highest BCUT2D eigenvalue weighted by Crippen LogP contribution is 2.26. The maximum Gasteiger partial charge on any atom is 0.238 e. The van der Waals surface area contributed by atoms with Crippen LogP contribution in [0.4, 0.5) is 5.69 Å². The van der Waals surface area contributed by atoms with Crippen LogP contribution in [0, 0.1) is 12.8 Å². The molecule has 1 atom stereocenters. The molecule has 0 bridgehead atoms. The van der Waals surface area contributed by atoms with Crippen molar-refractivity contribution in [2.45, 2.75) is 19.9 Å². The highest BCUT2D eigenvalue weighted by molar-refractivity contribution is 7.14. The number of anilines is 1. The topological polar surface area (TPSA) is 79.6 Å². The molecule has 0 saturated carbocycles. The van der Waals surface area contributed by atoms with Crippen LogP contribution >= 0.6 is 11.3 Å². The SMILES string of the molecule is Cc1ccc(N2CC(C(=O)NCc3ccc(C(=O)c4ccco4)s3)CC2=O)cc1. The van der Waals surface area contributed by atoms with Crippen molar-refractivity contribution in [2.75, 3.05) is 11.4 Å². The van der Waals surface area contributed by atoms with Crippen molar-refractivity contribution >= 4 is 34.6 Å². The summed E-state index contributed by atoms with van der Waals surface area (Å²) in [5.74, 6) is -0.458. The highest BCUT2D eigenvalue weighted by atomic mass is 32.1. The van der Waals surface area contributed by atoms with Gasteiger partial charge in [0.15, 0.2) is 5.76 Å². The first kappa shape index (κ1) is 19.1. The second-order valence-corrected chi connectivity index (χ2v) is 8.20. The molecule has 29 heavy (non-hydrogen) atoms. The van der Waals surface area contributed by atoms with E-state index in [-0.39, 0.29) is 29.9 Å². The van der Waals surface area contributed by atoms with E-state index in [4.69, 9.17) is 4.42 Å². The summed E-state index contributed by atoms with van der Waals surface area (Å²) in [5, 5.41) is 2.89. The third-order valence-electron chi connectivity index (χ3n) is 4.91. The number of furan rings is 1. The number of nitrogens with one attached hydrogen (secondary N) is 1. The summed E-state index contributed by atoms with van der Waals surface area (Å²) in [5.41, 5.74) is 1.94. The van der Waals surface area contributed by atoms with Crippen LogP contribution in [-0.2, 0) is 16.1 Å². The van der Waals surface area contributed by atoms with Gasteiger partial charge in [0.05, 0.1) is 23.6 Å². The van der Waals surface area contributed by atoms with Gasteiger partial charge < -0.3 is 14.6 Å².